The SMILES string of the molecule is CCC(C)OC(=O)Cn1c(=O)ccc2cc([N+](=O)[O-])ccc21. The van der Waals surface area contributed by atoms with Gasteiger partial charge in [-0.2, -0.15) is 0 Å². The molecule has 0 aliphatic heterocycles. The van der Waals surface area contributed by atoms with Crippen LogP contribution < -0.4 is 5.56 Å². The number of ether oxygens (including phenoxy) is 1. The third-order valence-corrected chi connectivity index (χ3v) is 3.38. The predicted octanol–water partition coefficient (Wildman–Crippen LogP) is 2.25. The minimum atomic E-state index is -0.512. The van der Waals surface area contributed by atoms with Gasteiger partial charge >= 0.3 is 5.97 Å². The normalized spacial score (nSPS) is 12.1. The summed E-state index contributed by atoms with van der Waals surface area (Å²) in [7, 11) is 0. The molecule has 7 heteroatoms. The fourth-order valence-corrected chi connectivity index (χ4v) is 2.04. The van der Waals surface area contributed by atoms with Crippen molar-refractivity contribution >= 4 is 22.6 Å². The Morgan fingerprint density at radius 2 is 2.09 bits per heavy atom. The number of nitro benzene ring substituents is 1. The van der Waals surface area contributed by atoms with Gasteiger partial charge in [-0.05, 0) is 25.5 Å². The van der Waals surface area contributed by atoms with Crippen molar-refractivity contribution < 1.29 is 14.5 Å². The molecule has 1 unspecified atom stereocenters. The summed E-state index contributed by atoms with van der Waals surface area (Å²) in [6.45, 7) is 3.44. The van der Waals surface area contributed by atoms with Gasteiger partial charge in [-0.15, -0.1) is 0 Å². The molecule has 116 valence electrons. The first kappa shape index (κ1) is 15.7. The Bertz CT molecular complexity index is 781. The van der Waals surface area contributed by atoms with Gasteiger partial charge in [0.1, 0.15) is 6.54 Å². The molecule has 1 aromatic heterocycles. The van der Waals surface area contributed by atoms with Crippen LogP contribution in [0.3, 0.4) is 0 Å². The van der Waals surface area contributed by atoms with Crippen molar-refractivity contribution in [3.8, 4) is 0 Å². The summed E-state index contributed by atoms with van der Waals surface area (Å²) in [5.74, 6) is -0.512. The molecule has 0 fully saturated rings. The topological polar surface area (TPSA) is 91.4 Å². The molecule has 2 aromatic rings. The number of pyridine rings is 1. The minimum Gasteiger partial charge on any atom is -0.461 e. The van der Waals surface area contributed by atoms with Crippen LogP contribution in [-0.4, -0.2) is 21.6 Å². The van der Waals surface area contributed by atoms with Gasteiger partial charge in [0.25, 0.3) is 11.2 Å². The highest BCUT2D eigenvalue weighted by molar-refractivity contribution is 5.83. The van der Waals surface area contributed by atoms with Crippen LogP contribution in [0, 0.1) is 10.1 Å². The third-order valence-electron chi connectivity index (χ3n) is 3.38. The highest BCUT2D eigenvalue weighted by Gasteiger charge is 2.13. The molecule has 0 bridgehead atoms. The summed E-state index contributed by atoms with van der Waals surface area (Å²) in [6, 6.07) is 6.92. The quantitative estimate of drug-likeness (QED) is 0.480. The van der Waals surface area contributed by atoms with Gasteiger partial charge in [-0.3, -0.25) is 24.3 Å². The highest BCUT2D eigenvalue weighted by Crippen LogP contribution is 2.19. The first-order valence-corrected chi connectivity index (χ1v) is 6.90. The average Bonchev–Trinajstić information content (AvgIpc) is 2.49. The molecule has 1 aromatic carbocycles. The van der Waals surface area contributed by atoms with E-state index < -0.39 is 10.9 Å². The van der Waals surface area contributed by atoms with Gasteiger partial charge in [-0.25, -0.2) is 0 Å². The van der Waals surface area contributed by atoms with E-state index in [2.05, 4.69) is 0 Å². The van der Waals surface area contributed by atoms with Crippen molar-refractivity contribution in [2.45, 2.75) is 32.9 Å². The lowest BCUT2D eigenvalue weighted by molar-refractivity contribution is -0.384. The Morgan fingerprint density at radius 1 is 1.36 bits per heavy atom. The van der Waals surface area contributed by atoms with Gasteiger partial charge in [-0.1, -0.05) is 6.92 Å². The molecule has 0 spiro atoms. The molecule has 0 saturated carbocycles. The monoisotopic (exact) mass is 304 g/mol. The maximum Gasteiger partial charge on any atom is 0.326 e. The Labute approximate surface area is 126 Å². The Hall–Kier alpha value is -2.70. The largest absolute Gasteiger partial charge is 0.461 e. The molecule has 1 atom stereocenters. The summed E-state index contributed by atoms with van der Waals surface area (Å²) >= 11 is 0. The zero-order valence-corrected chi connectivity index (χ0v) is 12.3. The van der Waals surface area contributed by atoms with Crippen LogP contribution in [0.4, 0.5) is 5.69 Å². The number of nitrogens with zero attached hydrogens (tertiary/aromatic N) is 2. The van der Waals surface area contributed by atoms with Crippen molar-refractivity contribution in [1.29, 1.82) is 0 Å². The fraction of sp³-hybridized carbons (Fsp3) is 0.333. The number of hydrogen-bond acceptors (Lipinski definition) is 5. The van der Waals surface area contributed by atoms with Crippen LogP contribution >= 0.6 is 0 Å². The van der Waals surface area contributed by atoms with Crippen molar-refractivity contribution in [2.75, 3.05) is 0 Å². The molecule has 22 heavy (non-hydrogen) atoms. The van der Waals surface area contributed by atoms with E-state index in [0.29, 0.717) is 17.3 Å². The Morgan fingerprint density at radius 3 is 2.73 bits per heavy atom. The number of benzene rings is 1. The molecule has 0 N–H and O–H groups in total. The van der Waals surface area contributed by atoms with E-state index >= 15 is 0 Å². The lowest BCUT2D eigenvalue weighted by Gasteiger charge is -2.13. The van der Waals surface area contributed by atoms with Crippen LogP contribution in [0.5, 0.6) is 0 Å². The number of carbonyl (C=O) groups is 1. The number of esters is 1. The van der Waals surface area contributed by atoms with Crippen molar-refractivity contribution in [2.24, 2.45) is 0 Å². The third kappa shape index (κ3) is 3.30. The molecule has 2 rings (SSSR count). The number of rotatable bonds is 5. The van der Waals surface area contributed by atoms with Gasteiger partial charge < -0.3 is 4.74 Å². The van der Waals surface area contributed by atoms with E-state index in [9.17, 15) is 19.7 Å². The Balaban J connectivity index is 2.40. The van der Waals surface area contributed by atoms with E-state index in [0.717, 1.165) is 0 Å². The lowest BCUT2D eigenvalue weighted by atomic mass is 10.2. The standard InChI is InChI=1S/C15H16N2O5/c1-3-10(2)22-15(19)9-16-13-6-5-12(17(20)21)8-11(13)4-7-14(16)18/h4-8,10H,3,9H2,1-2H3. The van der Waals surface area contributed by atoms with Gasteiger partial charge in [0.15, 0.2) is 0 Å². The van der Waals surface area contributed by atoms with Crippen LogP contribution in [-0.2, 0) is 16.1 Å². The van der Waals surface area contributed by atoms with Crippen LogP contribution in [0.15, 0.2) is 35.1 Å². The molecule has 0 amide bonds. The summed E-state index contributed by atoms with van der Waals surface area (Å²) in [6.07, 6.45) is 0.460. The van der Waals surface area contributed by atoms with E-state index in [1.807, 2.05) is 6.92 Å². The fourth-order valence-electron chi connectivity index (χ4n) is 2.04. The zero-order valence-electron chi connectivity index (χ0n) is 12.3. The summed E-state index contributed by atoms with van der Waals surface area (Å²) < 4.78 is 6.42. The molecule has 0 aliphatic carbocycles. The van der Waals surface area contributed by atoms with E-state index in [1.54, 1.807) is 6.92 Å². The van der Waals surface area contributed by atoms with E-state index in [4.69, 9.17) is 4.74 Å². The number of fused-ring (bicyclic) bond motifs is 1. The smallest absolute Gasteiger partial charge is 0.326 e. The predicted molar refractivity (Wildman–Crippen MR) is 80.7 cm³/mol. The molecule has 0 radical (unpaired) electrons. The highest BCUT2D eigenvalue weighted by atomic mass is 16.6. The summed E-state index contributed by atoms with van der Waals surface area (Å²) in [5.41, 5.74) is 0.0292. The maximum atomic E-state index is 12.0. The van der Waals surface area contributed by atoms with Crippen molar-refractivity contribution in [3.05, 3.63) is 50.8 Å². The molecule has 0 aliphatic rings. The van der Waals surface area contributed by atoms with Gasteiger partial charge in [0.05, 0.1) is 16.5 Å². The number of nitro groups is 1. The minimum absolute atomic E-state index is 0.0696. The first-order valence-electron chi connectivity index (χ1n) is 6.90. The Kier molecular flexibility index (Phi) is 4.55. The van der Waals surface area contributed by atoms with Crippen LogP contribution in [0.1, 0.15) is 20.3 Å². The number of non-ortho nitro benzene ring substituents is 1. The first-order chi connectivity index (χ1) is 10.4. The summed E-state index contributed by atoms with van der Waals surface area (Å²) in [5, 5.41) is 11.3. The van der Waals surface area contributed by atoms with Crippen molar-refractivity contribution in [1.82, 2.24) is 4.57 Å². The second-order valence-electron chi connectivity index (χ2n) is 4.97. The molecular formula is C15H16N2O5. The van der Waals surface area contributed by atoms with Gasteiger partial charge in [0.2, 0.25) is 0 Å². The average molecular weight is 304 g/mol. The van der Waals surface area contributed by atoms with Gasteiger partial charge in [0, 0.05) is 23.6 Å². The second-order valence-corrected chi connectivity index (χ2v) is 4.97. The lowest BCUT2D eigenvalue weighted by Crippen LogP contribution is -2.26. The molecule has 0 saturated heterocycles. The van der Waals surface area contributed by atoms with E-state index in [1.165, 1.54) is 34.9 Å². The number of carbonyl (C=O) groups excluding carboxylic acids is 1. The number of aromatic nitrogens is 1. The molecular weight excluding hydrogens is 288 g/mol. The second kappa shape index (κ2) is 6.38. The molecule has 1 heterocycles. The van der Waals surface area contributed by atoms with Crippen LogP contribution in [0.25, 0.3) is 10.9 Å². The number of hydrogen-bond donors (Lipinski definition) is 0. The van der Waals surface area contributed by atoms with Crippen molar-refractivity contribution in [3.63, 3.8) is 0 Å². The molecule has 7 nitrogen and oxygen atoms in total. The maximum absolute atomic E-state index is 12.0. The zero-order chi connectivity index (χ0) is 16.3. The van der Waals surface area contributed by atoms with E-state index in [-0.39, 0.29) is 23.9 Å². The van der Waals surface area contributed by atoms with Crippen LogP contribution in [0.2, 0.25) is 0 Å². The summed E-state index contributed by atoms with van der Waals surface area (Å²) in [4.78, 5) is 34.1.